The molecule has 0 aliphatic carbocycles. The molecule has 0 saturated carbocycles. The minimum absolute atomic E-state index is 0.00536. The first-order valence-electron chi connectivity index (χ1n) is 9.36. The first kappa shape index (κ1) is 21.4. The van der Waals surface area contributed by atoms with Crippen molar-refractivity contribution < 1.29 is 14.3 Å². The minimum Gasteiger partial charge on any atom is -0.492 e. The number of amides is 2. The molecule has 0 unspecified atom stereocenters. The summed E-state index contributed by atoms with van der Waals surface area (Å²) in [7, 11) is 3.51. The van der Waals surface area contributed by atoms with Gasteiger partial charge in [0.1, 0.15) is 12.4 Å². The highest BCUT2D eigenvalue weighted by molar-refractivity contribution is 5.95. The standard InChI is InChI=1S/C22H29N3O3/c1-17-10-12-19(13-11-17)23-21(26)16-25(4)22(27)18(2)24(3)14-15-28-20-8-6-5-7-9-20/h5-13,18H,14-16H2,1-4H3,(H,23,26)/t18-/m0/s1. The molecule has 6 nitrogen and oxygen atoms in total. The normalized spacial score (nSPS) is 11.8. The molecule has 2 aromatic carbocycles. The number of benzene rings is 2. The largest absolute Gasteiger partial charge is 0.492 e. The van der Waals surface area contributed by atoms with Gasteiger partial charge in [-0.05, 0) is 45.2 Å². The van der Waals surface area contributed by atoms with Crippen LogP contribution in [-0.4, -0.2) is 61.4 Å². The summed E-state index contributed by atoms with van der Waals surface area (Å²) >= 11 is 0. The molecular formula is C22H29N3O3. The van der Waals surface area contributed by atoms with Crippen LogP contribution in [0.4, 0.5) is 5.69 Å². The van der Waals surface area contributed by atoms with Crippen LogP contribution < -0.4 is 10.1 Å². The van der Waals surface area contributed by atoms with Crippen molar-refractivity contribution in [1.82, 2.24) is 9.80 Å². The Kier molecular flexibility index (Phi) is 8.02. The van der Waals surface area contributed by atoms with Crippen molar-refractivity contribution in [3.05, 3.63) is 60.2 Å². The highest BCUT2D eigenvalue weighted by Crippen LogP contribution is 2.10. The number of para-hydroxylation sites is 1. The average molecular weight is 383 g/mol. The van der Waals surface area contributed by atoms with E-state index in [4.69, 9.17) is 4.74 Å². The van der Waals surface area contributed by atoms with Gasteiger partial charge in [-0.1, -0.05) is 35.9 Å². The lowest BCUT2D eigenvalue weighted by Gasteiger charge is -2.27. The topological polar surface area (TPSA) is 61.9 Å². The molecular weight excluding hydrogens is 354 g/mol. The summed E-state index contributed by atoms with van der Waals surface area (Å²) in [5.74, 6) is 0.475. The number of rotatable bonds is 9. The third-order valence-corrected chi connectivity index (χ3v) is 4.57. The van der Waals surface area contributed by atoms with E-state index in [0.29, 0.717) is 13.2 Å². The molecule has 0 aliphatic rings. The molecule has 0 aromatic heterocycles. The molecule has 0 aliphatic heterocycles. The molecule has 2 amide bonds. The van der Waals surface area contributed by atoms with Crippen molar-refractivity contribution in [1.29, 1.82) is 0 Å². The lowest BCUT2D eigenvalue weighted by atomic mass is 10.2. The van der Waals surface area contributed by atoms with Crippen LogP contribution >= 0.6 is 0 Å². The van der Waals surface area contributed by atoms with E-state index >= 15 is 0 Å². The van der Waals surface area contributed by atoms with E-state index in [1.807, 2.05) is 80.4 Å². The van der Waals surface area contributed by atoms with Crippen LogP contribution in [0, 0.1) is 6.92 Å². The third-order valence-electron chi connectivity index (χ3n) is 4.57. The molecule has 6 heteroatoms. The average Bonchev–Trinajstić information content (AvgIpc) is 2.69. The molecule has 0 saturated heterocycles. The number of hydrogen-bond acceptors (Lipinski definition) is 4. The first-order chi connectivity index (χ1) is 13.4. The number of likely N-dealkylation sites (N-methyl/N-ethyl adjacent to an activating group) is 2. The Labute approximate surface area is 167 Å². The highest BCUT2D eigenvalue weighted by atomic mass is 16.5. The van der Waals surface area contributed by atoms with Crippen LogP contribution in [0.2, 0.25) is 0 Å². The molecule has 0 radical (unpaired) electrons. The van der Waals surface area contributed by atoms with Crippen molar-refractivity contribution in [2.24, 2.45) is 0 Å². The summed E-state index contributed by atoms with van der Waals surface area (Å²) in [4.78, 5) is 28.2. The number of nitrogens with zero attached hydrogens (tertiary/aromatic N) is 2. The molecule has 0 heterocycles. The number of hydrogen-bond donors (Lipinski definition) is 1. The van der Waals surface area contributed by atoms with E-state index < -0.39 is 0 Å². The molecule has 0 fully saturated rings. The Hall–Kier alpha value is -2.86. The van der Waals surface area contributed by atoms with E-state index in [1.165, 1.54) is 4.90 Å². The van der Waals surface area contributed by atoms with E-state index in [-0.39, 0.29) is 24.4 Å². The van der Waals surface area contributed by atoms with Crippen LogP contribution in [0.25, 0.3) is 0 Å². The van der Waals surface area contributed by atoms with Gasteiger partial charge in [0.05, 0.1) is 12.6 Å². The summed E-state index contributed by atoms with van der Waals surface area (Å²) in [5, 5.41) is 2.81. The van der Waals surface area contributed by atoms with E-state index in [9.17, 15) is 9.59 Å². The van der Waals surface area contributed by atoms with Gasteiger partial charge in [-0.15, -0.1) is 0 Å². The zero-order chi connectivity index (χ0) is 20.5. The molecule has 0 spiro atoms. The van der Waals surface area contributed by atoms with Crippen molar-refractivity contribution in [2.45, 2.75) is 19.9 Å². The Bertz CT molecular complexity index is 762. The predicted molar refractivity (Wildman–Crippen MR) is 111 cm³/mol. The fourth-order valence-electron chi connectivity index (χ4n) is 2.66. The van der Waals surface area contributed by atoms with Gasteiger partial charge in [-0.25, -0.2) is 0 Å². The highest BCUT2D eigenvalue weighted by Gasteiger charge is 2.23. The van der Waals surface area contributed by atoms with Crippen LogP contribution in [0.3, 0.4) is 0 Å². The van der Waals surface area contributed by atoms with Crippen LogP contribution in [0.1, 0.15) is 12.5 Å². The quantitative estimate of drug-likeness (QED) is 0.723. The number of carbonyl (C=O) groups excluding carboxylic acids is 2. The number of nitrogens with one attached hydrogen (secondary N) is 1. The summed E-state index contributed by atoms with van der Waals surface area (Å²) in [6.07, 6.45) is 0. The minimum atomic E-state index is -0.350. The van der Waals surface area contributed by atoms with Crippen molar-refractivity contribution in [3.8, 4) is 5.75 Å². The zero-order valence-electron chi connectivity index (χ0n) is 17.0. The summed E-state index contributed by atoms with van der Waals surface area (Å²) in [6, 6.07) is 16.8. The van der Waals surface area contributed by atoms with Gasteiger partial charge in [0.25, 0.3) is 0 Å². The van der Waals surface area contributed by atoms with Crippen molar-refractivity contribution in [2.75, 3.05) is 39.1 Å². The second-order valence-electron chi connectivity index (χ2n) is 6.93. The summed E-state index contributed by atoms with van der Waals surface area (Å²) in [6.45, 7) is 4.91. The van der Waals surface area contributed by atoms with Crippen LogP contribution in [0.15, 0.2) is 54.6 Å². The van der Waals surface area contributed by atoms with Crippen molar-refractivity contribution in [3.63, 3.8) is 0 Å². The molecule has 150 valence electrons. The van der Waals surface area contributed by atoms with Gasteiger partial charge in [0, 0.05) is 19.3 Å². The fraction of sp³-hybridized carbons (Fsp3) is 0.364. The van der Waals surface area contributed by atoms with Gasteiger partial charge in [0.2, 0.25) is 11.8 Å². The Morgan fingerprint density at radius 1 is 1.04 bits per heavy atom. The maximum Gasteiger partial charge on any atom is 0.243 e. The first-order valence-corrected chi connectivity index (χ1v) is 9.36. The van der Waals surface area contributed by atoms with Crippen LogP contribution in [-0.2, 0) is 9.59 Å². The number of ether oxygens (including phenoxy) is 1. The summed E-state index contributed by atoms with van der Waals surface area (Å²) in [5.41, 5.74) is 1.85. The maximum atomic E-state index is 12.6. The van der Waals surface area contributed by atoms with Crippen molar-refractivity contribution >= 4 is 17.5 Å². The number of aryl methyl sites for hydroxylation is 1. The second-order valence-corrected chi connectivity index (χ2v) is 6.93. The molecule has 2 aromatic rings. The lowest BCUT2D eigenvalue weighted by molar-refractivity contribution is -0.137. The van der Waals surface area contributed by atoms with E-state index in [1.54, 1.807) is 7.05 Å². The Morgan fingerprint density at radius 3 is 2.32 bits per heavy atom. The monoisotopic (exact) mass is 383 g/mol. The van der Waals surface area contributed by atoms with Gasteiger partial charge in [0.15, 0.2) is 0 Å². The van der Waals surface area contributed by atoms with E-state index in [0.717, 1.165) is 17.0 Å². The molecule has 28 heavy (non-hydrogen) atoms. The Balaban J connectivity index is 1.76. The molecule has 1 N–H and O–H groups in total. The Morgan fingerprint density at radius 2 is 1.68 bits per heavy atom. The van der Waals surface area contributed by atoms with Crippen LogP contribution in [0.5, 0.6) is 5.75 Å². The zero-order valence-corrected chi connectivity index (χ0v) is 17.0. The van der Waals surface area contributed by atoms with Gasteiger partial charge < -0.3 is 15.0 Å². The summed E-state index contributed by atoms with van der Waals surface area (Å²) < 4.78 is 5.68. The predicted octanol–water partition coefficient (Wildman–Crippen LogP) is 2.79. The van der Waals surface area contributed by atoms with E-state index in [2.05, 4.69) is 5.32 Å². The SMILES string of the molecule is Cc1ccc(NC(=O)CN(C)C(=O)[C@H](C)N(C)CCOc2ccccc2)cc1. The lowest BCUT2D eigenvalue weighted by Crippen LogP contribution is -2.47. The molecule has 1 atom stereocenters. The maximum absolute atomic E-state index is 12.6. The third kappa shape index (κ3) is 6.70. The second kappa shape index (κ2) is 10.5. The molecule has 0 bridgehead atoms. The van der Waals surface area contributed by atoms with Gasteiger partial charge in [-0.3, -0.25) is 14.5 Å². The van der Waals surface area contributed by atoms with Gasteiger partial charge >= 0.3 is 0 Å². The van der Waals surface area contributed by atoms with Gasteiger partial charge in [-0.2, -0.15) is 0 Å². The number of carbonyl (C=O) groups is 2. The smallest absolute Gasteiger partial charge is 0.243 e. The molecule has 2 rings (SSSR count). The number of anilines is 1. The fourth-order valence-corrected chi connectivity index (χ4v) is 2.66.